The zero-order valence-corrected chi connectivity index (χ0v) is 19.9. The van der Waals surface area contributed by atoms with Gasteiger partial charge in [-0.2, -0.15) is 0 Å². The van der Waals surface area contributed by atoms with Gasteiger partial charge in [0, 0.05) is 11.6 Å². The van der Waals surface area contributed by atoms with E-state index in [2.05, 4.69) is 15.0 Å². The highest BCUT2D eigenvalue weighted by Crippen LogP contribution is 2.33. The number of halogens is 1. The van der Waals surface area contributed by atoms with E-state index in [0.29, 0.717) is 17.0 Å². The van der Waals surface area contributed by atoms with Gasteiger partial charge in [-0.15, -0.1) is 0 Å². The van der Waals surface area contributed by atoms with Crippen molar-refractivity contribution in [3.05, 3.63) is 59.8 Å². The van der Waals surface area contributed by atoms with Crippen LogP contribution >= 0.6 is 0 Å². The van der Waals surface area contributed by atoms with E-state index >= 15 is 0 Å². The molecule has 1 aromatic carbocycles. The lowest BCUT2D eigenvalue weighted by atomic mass is 9.98. The molecule has 1 aliphatic carbocycles. The maximum atomic E-state index is 14.7. The normalized spacial score (nSPS) is 14.8. The number of aliphatic hydroxyl groups is 1. The van der Waals surface area contributed by atoms with E-state index in [1.807, 2.05) is 0 Å². The highest BCUT2D eigenvalue weighted by Gasteiger charge is 2.22. The van der Waals surface area contributed by atoms with Crippen molar-refractivity contribution in [3.8, 4) is 28.8 Å². The van der Waals surface area contributed by atoms with Crippen molar-refractivity contribution in [2.75, 3.05) is 7.11 Å². The topological polar surface area (TPSA) is 124 Å². The second-order valence-corrected chi connectivity index (χ2v) is 8.57. The number of methoxy groups -OCH3 is 1. The van der Waals surface area contributed by atoms with Crippen LogP contribution in [0.2, 0.25) is 0 Å². The molecule has 2 heterocycles. The molecule has 1 atom stereocenters. The molecule has 2 N–H and O–H groups in total. The van der Waals surface area contributed by atoms with Gasteiger partial charge in [-0.25, -0.2) is 19.3 Å². The quantitative estimate of drug-likeness (QED) is 0.417. The molecule has 1 aliphatic rings. The predicted molar refractivity (Wildman–Crippen MR) is 127 cm³/mol. The first-order chi connectivity index (χ1) is 17.4. The summed E-state index contributed by atoms with van der Waals surface area (Å²) in [4.78, 5) is 23.8. The number of rotatable bonds is 10. The molecule has 1 fully saturated rings. The van der Waals surface area contributed by atoms with Gasteiger partial charge in [0.05, 0.1) is 32.0 Å². The fourth-order valence-corrected chi connectivity index (χ4v) is 4.05. The Morgan fingerprint density at radius 2 is 1.97 bits per heavy atom. The first-order valence-electron chi connectivity index (χ1n) is 11.8. The molecule has 36 heavy (non-hydrogen) atoms. The molecule has 190 valence electrons. The van der Waals surface area contributed by atoms with Gasteiger partial charge in [-0.05, 0) is 43.4 Å². The number of carboxylic acids is 1. The van der Waals surface area contributed by atoms with Crippen molar-refractivity contribution in [1.29, 1.82) is 0 Å². The zero-order chi connectivity index (χ0) is 25.5. The van der Waals surface area contributed by atoms with Gasteiger partial charge >= 0.3 is 5.97 Å². The van der Waals surface area contributed by atoms with Crippen LogP contribution in [0.4, 0.5) is 4.39 Å². The van der Waals surface area contributed by atoms with E-state index < -0.39 is 24.3 Å². The molecule has 2 aromatic heterocycles. The minimum atomic E-state index is -1.15. The standard InChI is InChI=1S/C26H28FN3O6/c1-34-23-11-20(21(27)14-28-23)25-26(36-18-7-3-2-4-8-18)30-17(13-29-25)15-35-19-9-5-6-16(10-19)22(31)12-24(32)33/h5-6,9-11,13-14,18,22,31H,2-4,7-8,12,15H2,1H3,(H,32,33)/t22-/m1/s1. The maximum Gasteiger partial charge on any atom is 0.306 e. The van der Waals surface area contributed by atoms with Crippen LogP contribution in [0.1, 0.15) is 55.9 Å². The summed E-state index contributed by atoms with van der Waals surface area (Å²) in [6, 6.07) is 8.02. The summed E-state index contributed by atoms with van der Waals surface area (Å²) < 4.78 is 31.8. The fraction of sp³-hybridized carbons (Fsp3) is 0.385. The number of carbonyl (C=O) groups is 1. The van der Waals surface area contributed by atoms with Crippen LogP contribution in [0.25, 0.3) is 11.3 Å². The molecule has 0 radical (unpaired) electrons. The van der Waals surface area contributed by atoms with Crippen molar-refractivity contribution in [3.63, 3.8) is 0 Å². The average molecular weight is 498 g/mol. The lowest BCUT2D eigenvalue weighted by molar-refractivity contribution is -0.139. The third-order valence-corrected chi connectivity index (χ3v) is 5.91. The molecule has 0 aliphatic heterocycles. The molecule has 4 rings (SSSR count). The van der Waals surface area contributed by atoms with Crippen LogP contribution in [-0.2, 0) is 11.4 Å². The molecule has 0 bridgehead atoms. The second-order valence-electron chi connectivity index (χ2n) is 8.57. The lowest BCUT2D eigenvalue weighted by Gasteiger charge is -2.23. The summed E-state index contributed by atoms with van der Waals surface area (Å²) >= 11 is 0. The van der Waals surface area contributed by atoms with Crippen molar-refractivity contribution in [2.45, 2.75) is 57.3 Å². The van der Waals surface area contributed by atoms with E-state index in [0.717, 1.165) is 38.3 Å². The van der Waals surface area contributed by atoms with E-state index in [1.54, 1.807) is 24.3 Å². The van der Waals surface area contributed by atoms with Crippen molar-refractivity contribution in [2.24, 2.45) is 0 Å². The summed E-state index contributed by atoms with van der Waals surface area (Å²) in [6.45, 7) is 0.0366. The average Bonchev–Trinajstić information content (AvgIpc) is 2.88. The number of benzene rings is 1. The zero-order valence-electron chi connectivity index (χ0n) is 19.9. The SMILES string of the molecule is COc1cc(-c2ncc(COc3cccc([C@H](O)CC(=O)O)c3)nc2OC2CCCCC2)c(F)cn1. The summed E-state index contributed by atoms with van der Waals surface area (Å²) in [7, 11) is 1.45. The van der Waals surface area contributed by atoms with Gasteiger partial charge in [-0.1, -0.05) is 18.6 Å². The summed E-state index contributed by atoms with van der Waals surface area (Å²) in [5, 5.41) is 19.0. The highest BCUT2D eigenvalue weighted by atomic mass is 19.1. The Balaban J connectivity index is 1.57. The minimum absolute atomic E-state index is 0.0366. The van der Waals surface area contributed by atoms with Gasteiger partial charge in [0.2, 0.25) is 11.8 Å². The number of aromatic nitrogens is 3. The Morgan fingerprint density at radius 3 is 2.72 bits per heavy atom. The molecular formula is C26H28FN3O6. The number of ether oxygens (including phenoxy) is 3. The molecule has 0 spiro atoms. The van der Waals surface area contributed by atoms with Crippen LogP contribution in [0.3, 0.4) is 0 Å². The Kier molecular flexibility index (Phi) is 8.27. The van der Waals surface area contributed by atoms with Gasteiger partial charge < -0.3 is 24.4 Å². The van der Waals surface area contributed by atoms with Crippen LogP contribution < -0.4 is 14.2 Å². The number of aliphatic hydroxyl groups excluding tert-OH is 1. The monoisotopic (exact) mass is 497 g/mol. The Hall–Kier alpha value is -3.79. The molecule has 10 heteroatoms. The molecular weight excluding hydrogens is 469 g/mol. The number of pyridine rings is 1. The smallest absolute Gasteiger partial charge is 0.306 e. The number of hydrogen-bond acceptors (Lipinski definition) is 8. The molecule has 1 saturated carbocycles. The summed E-state index contributed by atoms with van der Waals surface area (Å²) in [5.41, 5.74) is 1.32. The summed E-state index contributed by atoms with van der Waals surface area (Å²) in [6.07, 6.45) is 5.99. The van der Waals surface area contributed by atoms with E-state index in [-0.39, 0.29) is 35.7 Å². The van der Waals surface area contributed by atoms with Crippen LogP contribution in [0.15, 0.2) is 42.7 Å². The Labute approximate surface area is 207 Å². The third kappa shape index (κ3) is 6.45. The molecule has 0 saturated heterocycles. The van der Waals surface area contributed by atoms with Crippen molar-refractivity contribution in [1.82, 2.24) is 15.0 Å². The third-order valence-electron chi connectivity index (χ3n) is 5.91. The van der Waals surface area contributed by atoms with E-state index in [9.17, 15) is 14.3 Å². The largest absolute Gasteiger partial charge is 0.487 e. The molecule has 0 unspecified atom stereocenters. The second kappa shape index (κ2) is 11.8. The van der Waals surface area contributed by atoms with Crippen molar-refractivity contribution >= 4 is 5.97 Å². The Bertz CT molecular complexity index is 1200. The van der Waals surface area contributed by atoms with Crippen LogP contribution in [-0.4, -0.2) is 44.3 Å². The molecule has 3 aromatic rings. The van der Waals surface area contributed by atoms with Crippen molar-refractivity contribution < 1.29 is 33.6 Å². The first-order valence-corrected chi connectivity index (χ1v) is 11.8. The van der Waals surface area contributed by atoms with E-state index in [4.69, 9.17) is 19.3 Å². The molecule has 0 amide bonds. The highest BCUT2D eigenvalue weighted by molar-refractivity contribution is 5.67. The Morgan fingerprint density at radius 1 is 1.17 bits per heavy atom. The number of nitrogens with zero attached hydrogens (tertiary/aromatic N) is 3. The predicted octanol–water partition coefficient (Wildman–Crippen LogP) is 4.48. The number of hydrogen-bond donors (Lipinski definition) is 2. The summed E-state index contributed by atoms with van der Waals surface area (Å²) in [5.74, 6) is -0.783. The fourth-order valence-electron chi connectivity index (χ4n) is 4.05. The van der Waals surface area contributed by atoms with Gasteiger partial charge in [-0.3, -0.25) is 4.79 Å². The van der Waals surface area contributed by atoms with Crippen LogP contribution in [0.5, 0.6) is 17.5 Å². The maximum absolute atomic E-state index is 14.7. The van der Waals surface area contributed by atoms with Gasteiger partial charge in [0.1, 0.15) is 29.8 Å². The van der Waals surface area contributed by atoms with E-state index in [1.165, 1.54) is 19.4 Å². The van der Waals surface area contributed by atoms with Gasteiger partial charge in [0.25, 0.3) is 0 Å². The first kappa shape index (κ1) is 25.3. The molecule has 9 nitrogen and oxygen atoms in total. The lowest BCUT2D eigenvalue weighted by Crippen LogP contribution is -2.21. The minimum Gasteiger partial charge on any atom is -0.487 e. The van der Waals surface area contributed by atoms with Crippen LogP contribution in [0, 0.1) is 5.82 Å². The number of aliphatic carboxylic acids is 1. The number of carboxylic acid groups (broad SMARTS) is 1. The van der Waals surface area contributed by atoms with Gasteiger partial charge in [0.15, 0.2) is 5.82 Å².